The van der Waals surface area contributed by atoms with E-state index in [-0.39, 0.29) is 29.6 Å². The SMILES string of the molecule is Cc1ccc(-c2noc(CN3CCN(C(=O)C(C)N4C(=O)C5CCCCC5C4=O)CC3)n2)cc1. The molecule has 0 N–H and O–H groups in total. The van der Waals surface area contributed by atoms with Crippen molar-refractivity contribution < 1.29 is 18.9 Å². The molecule has 0 spiro atoms. The molecule has 2 aliphatic heterocycles. The summed E-state index contributed by atoms with van der Waals surface area (Å²) in [5, 5.41) is 4.09. The number of hydrogen-bond acceptors (Lipinski definition) is 7. The Morgan fingerprint density at radius 3 is 2.26 bits per heavy atom. The normalized spacial score (nSPS) is 24.4. The number of benzene rings is 1. The third-order valence-corrected chi connectivity index (χ3v) is 7.44. The van der Waals surface area contributed by atoms with Gasteiger partial charge in [-0.15, -0.1) is 0 Å². The van der Waals surface area contributed by atoms with Crippen molar-refractivity contribution in [1.82, 2.24) is 24.8 Å². The van der Waals surface area contributed by atoms with Crippen LogP contribution in [0.5, 0.6) is 0 Å². The average Bonchev–Trinajstić information content (AvgIpc) is 3.42. The zero-order valence-corrected chi connectivity index (χ0v) is 19.8. The molecular weight excluding hydrogens is 434 g/mol. The predicted octanol–water partition coefficient (Wildman–Crippen LogP) is 2.25. The number of fused-ring (bicyclic) bond motifs is 1. The van der Waals surface area contributed by atoms with Crippen LogP contribution < -0.4 is 0 Å². The number of imide groups is 1. The Bertz CT molecular complexity index is 1050. The lowest BCUT2D eigenvalue weighted by molar-refractivity contribution is -0.151. The van der Waals surface area contributed by atoms with Crippen molar-refractivity contribution >= 4 is 17.7 Å². The van der Waals surface area contributed by atoms with Gasteiger partial charge in [-0.3, -0.25) is 24.2 Å². The average molecular weight is 466 g/mol. The van der Waals surface area contributed by atoms with Gasteiger partial charge in [-0.05, 0) is 26.7 Å². The number of carbonyl (C=O) groups excluding carboxylic acids is 3. The van der Waals surface area contributed by atoms with E-state index in [2.05, 4.69) is 15.0 Å². The van der Waals surface area contributed by atoms with Gasteiger partial charge in [0, 0.05) is 31.7 Å². The number of aryl methyl sites for hydroxylation is 1. The molecule has 3 atom stereocenters. The summed E-state index contributed by atoms with van der Waals surface area (Å²) in [5.74, 6) is 0.183. The number of likely N-dealkylation sites (tertiary alicyclic amines) is 1. The fourth-order valence-corrected chi connectivity index (χ4v) is 5.40. The van der Waals surface area contributed by atoms with E-state index in [9.17, 15) is 14.4 Å². The first kappa shape index (κ1) is 22.7. The largest absolute Gasteiger partial charge is 0.338 e. The van der Waals surface area contributed by atoms with E-state index in [4.69, 9.17) is 4.52 Å². The summed E-state index contributed by atoms with van der Waals surface area (Å²) in [5.41, 5.74) is 2.09. The molecule has 1 aromatic heterocycles. The van der Waals surface area contributed by atoms with E-state index in [1.807, 2.05) is 31.2 Å². The van der Waals surface area contributed by atoms with Gasteiger partial charge in [0.2, 0.25) is 29.4 Å². The fraction of sp³-hybridized carbons (Fsp3) is 0.560. The minimum atomic E-state index is -0.745. The highest BCUT2D eigenvalue weighted by Crippen LogP contribution is 2.39. The standard InChI is InChI=1S/C25H31N5O4/c1-16-7-9-18(10-8-16)22-26-21(34-27-22)15-28-11-13-29(14-12-28)23(31)17(2)30-24(32)19-5-3-4-6-20(19)25(30)33/h7-10,17,19-20H,3-6,11-15H2,1-2H3. The maximum Gasteiger partial charge on any atom is 0.245 e. The third-order valence-electron chi connectivity index (χ3n) is 7.44. The van der Waals surface area contributed by atoms with Gasteiger partial charge < -0.3 is 9.42 Å². The minimum Gasteiger partial charge on any atom is -0.338 e. The highest BCUT2D eigenvalue weighted by molar-refractivity contribution is 6.08. The number of piperazine rings is 1. The van der Waals surface area contributed by atoms with E-state index in [1.165, 1.54) is 10.5 Å². The van der Waals surface area contributed by atoms with Gasteiger partial charge in [0.05, 0.1) is 18.4 Å². The number of amides is 3. The molecule has 3 unspecified atom stereocenters. The van der Waals surface area contributed by atoms with Crippen molar-refractivity contribution in [3.8, 4) is 11.4 Å². The maximum atomic E-state index is 13.2. The second-order valence-corrected chi connectivity index (χ2v) is 9.70. The van der Waals surface area contributed by atoms with Crippen LogP contribution >= 0.6 is 0 Å². The van der Waals surface area contributed by atoms with Crippen LogP contribution in [0.1, 0.15) is 44.1 Å². The van der Waals surface area contributed by atoms with Crippen LogP contribution in [0.15, 0.2) is 28.8 Å². The number of aromatic nitrogens is 2. The second kappa shape index (κ2) is 9.29. The Kier molecular flexibility index (Phi) is 6.20. The second-order valence-electron chi connectivity index (χ2n) is 9.70. The minimum absolute atomic E-state index is 0.153. The molecule has 1 aliphatic carbocycles. The first-order valence-electron chi connectivity index (χ1n) is 12.2. The zero-order valence-electron chi connectivity index (χ0n) is 19.8. The van der Waals surface area contributed by atoms with Crippen LogP contribution in [0.3, 0.4) is 0 Å². The molecule has 180 valence electrons. The van der Waals surface area contributed by atoms with Crippen molar-refractivity contribution in [3.05, 3.63) is 35.7 Å². The smallest absolute Gasteiger partial charge is 0.245 e. The Morgan fingerprint density at radius 1 is 1.03 bits per heavy atom. The van der Waals surface area contributed by atoms with Gasteiger partial charge in [0.25, 0.3) is 0 Å². The molecule has 1 saturated carbocycles. The highest BCUT2D eigenvalue weighted by Gasteiger charge is 2.51. The lowest BCUT2D eigenvalue weighted by Crippen LogP contribution is -2.55. The zero-order chi connectivity index (χ0) is 23.8. The Balaban J connectivity index is 1.15. The first-order chi connectivity index (χ1) is 16.4. The Morgan fingerprint density at radius 2 is 1.65 bits per heavy atom. The van der Waals surface area contributed by atoms with Gasteiger partial charge in [-0.1, -0.05) is 47.8 Å². The van der Waals surface area contributed by atoms with Gasteiger partial charge in [0.15, 0.2) is 0 Å². The lowest BCUT2D eigenvalue weighted by atomic mass is 9.81. The molecule has 0 bridgehead atoms. The van der Waals surface area contributed by atoms with Crippen LogP contribution in [0.2, 0.25) is 0 Å². The summed E-state index contributed by atoms with van der Waals surface area (Å²) in [6, 6.07) is 7.23. The van der Waals surface area contributed by atoms with Crippen LogP contribution in [0.25, 0.3) is 11.4 Å². The molecule has 3 aliphatic rings. The fourth-order valence-electron chi connectivity index (χ4n) is 5.40. The topological polar surface area (TPSA) is 99.9 Å². The molecule has 5 rings (SSSR count). The summed E-state index contributed by atoms with van der Waals surface area (Å²) in [4.78, 5) is 48.6. The number of carbonyl (C=O) groups is 3. The van der Waals surface area contributed by atoms with Crippen LogP contribution in [-0.4, -0.2) is 74.8 Å². The Labute approximate surface area is 199 Å². The van der Waals surface area contributed by atoms with Crippen LogP contribution in [0, 0.1) is 18.8 Å². The molecule has 1 aromatic carbocycles. The van der Waals surface area contributed by atoms with Crippen LogP contribution in [-0.2, 0) is 20.9 Å². The molecule has 0 radical (unpaired) electrons. The van der Waals surface area contributed by atoms with Crippen molar-refractivity contribution in [3.63, 3.8) is 0 Å². The third kappa shape index (κ3) is 4.24. The van der Waals surface area contributed by atoms with Gasteiger partial charge in [-0.2, -0.15) is 4.98 Å². The number of hydrogen-bond donors (Lipinski definition) is 0. The van der Waals surface area contributed by atoms with E-state index in [0.717, 1.165) is 31.2 Å². The summed E-state index contributed by atoms with van der Waals surface area (Å²) in [6.45, 7) is 6.62. The van der Waals surface area contributed by atoms with Crippen molar-refractivity contribution in [2.24, 2.45) is 11.8 Å². The van der Waals surface area contributed by atoms with Gasteiger partial charge in [-0.25, -0.2) is 0 Å². The van der Waals surface area contributed by atoms with Crippen LogP contribution in [0.4, 0.5) is 0 Å². The number of nitrogens with zero attached hydrogens (tertiary/aromatic N) is 5. The van der Waals surface area contributed by atoms with E-state index >= 15 is 0 Å². The molecule has 2 aromatic rings. The lowest BCUT2D eigenvalue weighted by Gasteiger charge is -2.36. The van der Waals surface area contributed by atoms with Crippen molar-refractivity contribution in [2.45, 2.75) is 52.1 Å². The van der Waals surface area contributed by atoms with Gasteiger partial charge >= 0.3 is 0 Å². The molecule has 34 heavy (non-hydrogen) atoms. The molecule has 3 heterocycles. The van der Waals surface area contributed by atoms with Gasteiger partial charge in [0.1, 0.15) is 6.04 Å². The van der Waals surface area contributed by atoms with E-state index < -0.39 is 6.04 Å². The van der Waals surface area contributed by atoms with Crippen molar-refractivity contribution in [1.29, 1.82) is 0 Å². The molecule has 2 saturated heterocycles. The predicted molar refractivity (Wildman–Crippen MR) is 123 cm³/mol. The summed E-state index contributed by atoms with van der Waals surface area (Å²) >= 11 is 0. The molecular formula is C25H31N5O4. The van der Waals surface area contributed by atoms with Crippen molar-refractivity contribution in [2.75, 3.05) is 26.2 Å². The first-order valence-corrected chi connectivity index (χ1v) is 12.2. The van der Waals surface area contributed by atoms with E-state index in [1.54, 1.807) is 11.8 Å². The summed E-state index contributed by atoms with van der Waals surface area (Å²) in [6.07, 6.45) is 3.47. The summed E-state index contributed by atoms with van der Waals surface area (Å²) in [7, 11) is 0. The highest BCUT2D eigenvalue weighted by atomic mass is 16.5. The number of rotatable bonds is 5. The molecule has 3 amide bonds. The maximum absolute atomic E-state index is 13.2. The quantitative estimate of drug-likeness (QED) is 0.625. The Hall–Kier alpha value is -3.07. The molecule has 9 heteroatoms. The monoisotopic (exact) mass is 465 g/mol. The molecule has 3 fully saturated rings. The summed E-state index contributed by atoms with van der Waals surface area (Å²) < 4.78 is 5.44. The molecule has 9 nitrogen and oxygen atoms in total. The van der Waals surface area contributed by atoms with E-state index in [0.29, 0.717) is 44.4 Å².